The fourth-order valence-electron chi connectivity index (χ4n) is 2.60. The van der Waals surface area contributed by atoms with Crippen molar-refractivity contribution in [1.82, 2.24) is 5.32 Å². The first kappa shape index (κ1) is 13.9. The third-order valence-electron chi connectivity index (χ3n) is 3.68. The van der Waals surface area contributed by atoms with Crippen molar-refractivity contribution in [2.75, 3.05) is 13.7 Å². The molecule has 1 aliphatic rings. The van der Waals surface area contributed by atoms with Crippen LogP contribution in [-0.2, 0) is 4.74 Å². The minimum absolute atomic E-state index is 0.323. The van der Waals surface area contributed by atoms with Gasteiger partial charge < -0.3 is 10.1 Å². The van der Waals surface area contributed by atoms with E-state index in [2.05, 4.69) is 11.4 Å². The summed E-state index contributed by atoms with van der Waals surface area (Å²) in [7, 11) is 2.00. The van der Waals surface area contributed by atoms with Crippen molar-refractivity contribution in [3.63, 3.8) is 0 Å². The molecule has 2 nitrogen and oxygen atoms in total. The van der Waals surface area contributed by atoms with Crippen LogP contribution in [0.1, 0.15) is 43.7 Å². The molecule has 0 radical (unpaired) electrons. The number of benzene rings is 1. The predicted octanol–water partition coefficient (Wildman–Crippen LogP) is 3.95. The Bertz CT molecular complexity index is 363. The lowest BCUT2D eigenvalue weighted by molar-refractivity contribution is 0.00866. The van der Waals surface area contributed by atoms with E-state index in [4.69, 9.17) is 16.3 Å². The normalized spacial score (nSPS) is 21.8. The molecule has 1 aromatic carbocycles. The average molecular weight is 268 g/mol. The zero-order chi connectivity index (χ0) is 12.8. The molecule has 2 atom stereocenters. The van der Waals surface area contributed by atoms with Gasteiger partial charge in [0.2, 0.25) is 0 Å². The molecule has 3 heteroatoms. The van der Waals surface area contributed by atoms with Gasteiger partial charge in [-0.3, -0.25) is 0 Å². The van der Waals surface area contributed by atoms with Crippen molar-refractivity contribution in [1.29, 1.82) is 0 Å². The first-order valence-corrected chi connectivity index (χ1v) is 7.22. The molecular formula is C15H22ClNO. The molecular weight excluding hydrogens is 246 g/mol. The summed E-state index contributed by atoms with van der Waals surface area (Å²) in [5.41, 5.74) is 1.19. The summed E-state index contributed by atoms with van der Waals surface area (Å²) in [6.45, 7) is 0.932. The van der Waals surface area contributed by atoms with E-state index in [1.807, 2.05) is 25.2 Å². The van der Waals surface area contributed by atoms with Crippen LogP contribution < -0.4 is 5.32 Å². The van der Waals surface area contributed by atoms with E-state index in [9.17, 15) is 0 Å². The van der Waals surface area contributed by atoms with Crippen LogP contribution in [0.2, 0.25) is 5.02 Å². The molecule has 0 spiro atoms. The van der Waals surface area contributed by atoms with E-state index >= 15 is 0 Å². The van der Waals surface area contributed by atoms with Crippen molar-refractivity contribution < 1.29 is 4.74 Å². The van der Waals surface area contributed by atoms with Gasteiger partial charge in [0.1, 0.15) is 0 Å². The first-order chi connectivity index (χ1) is 8.81. The lowest BCUT2D eigenvalue weighted by Crippen LogP contribution is -2.23. The molecule has 1 saturated heterocycles. The van der Waals surface area contributed by atoms with Gasteiger partial charge in [-0.05, 0) is 50.8 Å². The molecule has 0 saturated carbocycles. The number of halogens is 1. The quantitative estimate of drug-likeness (QED) is 0.872. The molecule has 0 aliphatic carbocycles. The Kier molecular flexibility index (Phi) is 5.48. The Morgan fingerprint density at radius 2 is 2.22 bits per heavy atom. The van der Waals surface area contributed by atoms with Gasteiger partial charge in [0.25, 0.3) is 0 Å². The standard InChI is InChI=1S/C15H22ClNO/c1-17-15(13-7-2-3-8-14(13)16)10-9-12-6-4-5-11-18-12/h2-3,7-8,12,15,17H,4-6,9-11H2,1H3. The largest absolute Gasteiger partial charge is 0.378 e. The number of ether oxygens (including phenoxy) is 1. The van der Waals surface area contributed by atoms with Crippen LogP contribution in [0.25, 0.3) is 0 Å². The lowest BCUT2D eigenvalue weighted by atomic mass is 9.97. The second-order valence-corrected chi connectivity index (χ2v) is 5.34. The third kappa shape index (κ3) is 3.71. The van der Waals surface area contributed by atoms with Crippen LogP contribution in [0.3, 0.4) is 0 Å². The number of rotatable bonds is 5. The van der Waals surface area contributed by atoms with E-state index in [1.54, 1.807) is 0 Å². The molecule has 1 N–H and O–H groups in total. The zero-order valence-corrected chi connectivity index (χ0v) is 11.7. The highest BCUT2D eigenvalue weighted by atomic mass is 35.5. The molecule has 1 aliphatic heterocycles. The summed E-state index contributed by atoms with van der Waals surface area (Å²) in [4.78, 5) is 0. The van der Waals surface area contributed by atoms with Crippen molar-refractivity contribution in [2.45, 2.75) is 44.2 Å². The maximum absolute atomic E-state index is 6.25. The molecule has 0 amide bonds. The van der Waals surface area contributed by atoms with Crippen LogP contribution in [0.4, 0.5) is 0 Å². The Morgan fingerprint density at radius 1 is 1.39 bits per heavy atom. The van der Waals surface area contributed by atoms with Crippen LogP contribution in [0.15, 0.2) is 24.3 Å². The van der Waals surface area contributed by atoms with Gasteiger partial charge in [0.15, 0.2) is 0 Å². The average Bonchev–Trinajstić information content (AvgIpc) is 2.42. The molecule has 2 unspecified atom stereocenters. The Hall–Kier alpha value is -0.570. The van der Waals surface area contributed by atoms with Gasteiger partial charge in [0.05, 0.1) is 6.10 Å². The molecule has 1 aromatic rings. The topological polar surface area (TPSA) is 21.3 Å². The van der Waals surface area contributed by atoms with Gasteiger partial charge in [-0.2, -0.15) is 0 Å². The summed E-state index contributed by atoms with van der Waals surface area (Å²) < 4.78 is 5.78. The predicted molar refractivity (Wildman–Crippen MR) is 76.1 cm³/mol. The summed E-state index contributed by atoms with van der Waals surface area (Å²) in [6.07, 6.45) is 6.36. The van der Waals surface area contributed by atoms with Crippen molar-refractivity contribution >= 4 is 11.6 Å². The van der Waals surface area contributed by atoms with Crippen LogP contribution in [0.5, 0.6) is 0 Å². The second-order valence-electron chi connectivity index (χ2n) is 4.93. The molecule has 1 heterocycles. The highest BCUT2D eigenvalue weighted by Gasteiger charge is 2.18. The number of nitrogens with one attached hydrogen (secondary N) is 1. The highest BCUT2D eigenvalue weighted by molar-refractivity contribution is 6.31. The molecule has 0 aromatic heterocycles. The zero-order valence-electron chi connectivity index (χ0n) is 11.0. The summed E-state index contributed by atoms with van der Waals surface area (Å²) in [5, 5.41) is 4.21. The summed E-state index contributed by atoms with van der Waals surface area (Å²) >= 11 is 6.25. The van der Waals surface area contributed by atoms with Gasteiger partial charge >= 0.3 is 0 Å². The van der Waals surface area contributed by atoms with E-state index < -0.39 is 0 Å². The third-order valence-corrected chi connectivity index (χ3v) is 4.02. The Morgan fingerprint density at radius 3 is 2.89 bits per heavy atom. The fraction of sp³-hybridized carbons (Fsp3) is 0.600. The Balaban J connectivity index is 1.91. The fourth-order valence-corrected chi connectivity index (χ4v) is 2.87. The highest BCUT2D eigenvalue weighted by Crippen LogP contribution is 2.28. The van der Waals surface area contributed by atoms with Crippen molar-refractivity contribution in [2.24, 2.45) is 0 Å². The number of hydrogen-bond acceptors (Lipinski definition) is 2. The maximum atomic E-state index is 6.25. The minimum Gasteiger partial charge on any atom is -0.378 e. The first-order valence-electron chi connectivity index (χ1n) is 6.84. The molecule has 100 valence electrons. The van der Waals surface area contributed by atoms with Gasteiger partial charge in [0, 0.05) is 17.7 Å². The number of hydrogen-bond donors (Lipinski definition) is 1. The van der Waals surface area contributed by atoms with E-state index in [1.165, 1.54) is 24.8 Å². The van der Waals surface area contributed by atoms with Crippen LogP contribution in [-0.4, -0.2) is 19.8 Å². The Labute approximate surface area is 115 Å². The van der Waals surface area contributed by atoms with Crippen molar-refractivity contribution in [3.8, 4) is 0 Å². The minimum atomic E-state index is 0.323. The molecule has 1 fully saturated rings. The molecule has 18 heavy (non-hydrogen) atoms. The van der Waals surface area contributed by atoms with Crippen LogP contribution in [0, 0.1) is 0 Å². The molecule has 2 rings (SSSR count). The van der Waals surface area contributed by atoms with Gasteiger partial charge in [-0.15, -0.1) is 0 Å². The molecule has 0 bridgehead atoms. The second kappa shape index (κ2) is 7.13. The summed E-state index contributed by atoms with van der Waals surface area (Å²) in [5.74, 6) is 0. The summed E-state index contributed by atoms with van der Waals surface area (Å²) in [6, 6.07) is 8.40. The van der Waals surface area contributed by atoms with Gasteiger partial charge in [-0.1, -0.05) is 29.8 Å². The van der Waals surface area contributed by atoms with Crippen LogP contribution >= 0.6 is 11.6 Å². The van der Waals surface area contributed by atoms with E-state index in [0.29, 0.717) is 12.1 Å². The maximum Gasteiger partial charge on any atom is 0.0575 e. The van der Waals surface area contributed by atoms with Crippen molar-refractivity contribution in [3.05, 3.63) is 34.9 Å². The lowest BCUT2D eigenvalue weighted by Gasteiger charge is -2.25. The van der Waals surface area contributed by atoms with Gasteiger partial charge in [-0.25, -0.2) is 0 Å². The van der Waals surface area contributed by atoms with E-state index in [0.717, 1.165) is 24.5 Å². The smallest absolute Gasteiger partial charge is 0.0575 e. The monoisotopic (exact) mass is 267 g/mol. The SMILES string of the molecule is CNC(CCC1CCCCO1)c1ccccc1Cl. The van der Waals surface area contributed by atoms with E-state index in [-0.39, 0.29) is 0 Å².